The molecule has 3 aromatic heterocycles. The standard InChI is InChI=1S/C20H17N3OS2/c1-14-5-3-6-15(2)19(14)22-20-23(21-11-16-8-10-25-12-16)17(13-26-20)18-7-4-9-24-18/h3-13H,1-2H3. The van der Waals surface area contributed by atoms with E-state index in [9.17, 15) is 0 Å². The fourth-order valence-corrected chi connectivity index (χ4v) is 4.07. The molecule has 0 amide bonds. The van der Waals surface area contributed by atoms with Gasteiger partial charge in [0.15, 0.2) is 5.76 Å². The van der Waals surface area contributed by atoms with Gasteiger partial charge in [0.1, 0.15) is 5.69 Å². The number of thiazole rings is 1. The molecule has 0 bridgehead atoms. The van der Waals surface area contributed by atoms with Crippen LogP contribution >= 0.6 is 22.7 Å². The molecule has 0 saturated heterocycles. The van der Waals surface area contributed by atoms with E-state index < -0.39 is 0 Å². The summed E-state index contributed by atoms with van der Waals surface area (Å²) in [5.74, 6) is 0.770. The van der Waals surface area contributed by atoms with E-state index in [0.717, 1.165) is 38.6 Å². The lowest BCUT2D eigenvalue weighted by molar-refractivity contribution is 0.575. The Bertz CT molecular complexity index is 1080. The summed E-state index contributed by atoms with van der Waals surface area (Å²) in [6, 6.07) is 12.0. The average molecular weight is 380 g/mol. The van der Waals surface area contributed by atoms with Crippen LogP contribution in [-0.4, -0.2) is 10.9 Å². The van der Waals surface area contributed by atoms with Crippen molar-refractivity contribution in [3.63, 3.8) is 0 Å². The monoisotopic (exact) mass is 379 g/mol. The number of benzene rings is 1. The number of aryl methyl sites for hydroxylation is 2. The Morgan fingerprint density at radius 2 is 1.88 bits per heavy atom. The zero-order valence-corrected chi connectivity index (χ0v) is 16.1. The maximum atomic E-state index is 5.58. The SMILES string of the molecule is Cc1cccc(C)c1N=c1scc(-c2ccco2)n1N=Cc1ccsc1. The first-order chi connectivity index (χ1) is 12.7. The second-order valence-electron chi connectivity index (χ2n) is 5.85. The van der Waals surface area contributed by atoms with Gasteiger partial charge in [-0.3, -0.25) is 0 Å². The molecule has 0 fully saturated rings. The lowest BCUT2D eigenvalue weighted by atomic mass is 10.1. The molecule has 0 atom stereocenters. The van der Waals surface area contributed by atoms with Gasteiger partial charge in [0.2, 0.25) is 4.80 Å². The number of aromatic nitrogens is 1. The van der Waals surface area contributed by atoms with Crippen LogP contribution in [0.2, 0.25) is 0 Å². The smallest absolute Gasteiger partial charge is 0.211 e. The van der Waals surface area contributed by atoms with Crippen LogP contribution in [0.5, 0.6) is 0 Å². The molecule has 1 aromatic carbocycles. The number of furan rings is 1. The van der Waals surface area contributed by atoms with Gasteiger partial charge in [0, 0.05) is 10.9 Å². The van der Waals surface area contributed by atoms with Crippen molar-refractivity contribution < 1.29 is 4.42 Å². The molecule has 4 aromatic rings. The summed E-state index contributed by atoms with van der Waals surface area (Å²) in [6.07, 6.45) is 3.52. The number of thiophene rings is 1. The molecule has 6 heteroatoms. The van der Waals surface area contributed by atoms with Gasteiger partial charge < -0.3 is 4.42 Å². The van der Waals surface area contributed by atoms with Crippen LogP contribution in [0.1, 0.15) is 16.7 Å². The molecule has 0 aliphatic carbocycles. The van der Waals surface area contributed by atoms with Crippen molar-refractivity contribution in [2.45, 2.75) is 13.8 Å². The molecule has 4 nitrogen and oxygen atoms in total. The normalized spacial score (nSPS) is 12.3. The van der Waals surface area contributed by atoms with Crippen molar-refractivity contribution in [2.75, 3.05) is 0 Å². The molecular formula is C20H17N3OS2. The van der Waals surface area contributed by atoms with Gasteiger partial charge in [-0.05, 0) is 53.9 Å². The van der Waals surface area contributed by atoms with E-state index in [4.69, 9.17) is 9.41 Å². The van der Waals surface area contributed by atoms with Crippen molar-refractivity contribution in [3.05, 3.63) is 80.3 Å². The Kier molecular flexibility index (Phi) is 4.69. The van der Waals surface area contributed by atoms with Crippen LogP contribution in [0, 0.1) is 13.8 Å². The highest BCUT2D eigenvalue weighted by molar-refractivity contribution is 7.08. The van der Waals surface area contributed by atoms with E-state index >= 15 is 0 Å². The highest BCUT2D eigenvalue weighted by Crippen LogP contribution is 2.24. The summed E-state index contributed by atoms with van der Waals surface area (Å²) < 4.78 is 7.42. The van der Waals surface area contributed by atoms with Crippen LogP contribution in [0.4, 0.5) is 5.69 Å². The van der Waals surface area contributed by atoms with E-state index in [1.165, 1.54) is 0 Å². The number of rotatable bonds is 4. The summed E-state index contributed by atoms with van der Waals surface area (Å²) in [5, 5.41) is 10.8. The zero-order chi connectivity index (χ0) is 17.9. The second-order valence-corrected chi connectivity index (χ2v) is 7.46. The van der Waals surface area contributed by atoms with Crippen molar-refractivity contribution >= 4 is 34.6 Å². The lowest BCUT2D eigenvalue weighted by Crippen LogP contribution is -2.11. The van der Waals surface area contributed by atoms with Crippen molar-refractivity contribution in [1.82, 2.24) is 4.68 Å². The van der Waals surface area contributed by atoms with Crippen molar-refractivity contribution in [1.29, 1.82) is 0 Å². The molecule has 4 rings (SSSR count). The van der Waals surface area contributed by atoms with E-state index in [-0.39, 0.29) is 0 Å². The highest BCUT2D eigenvalue weighted by atomic mass is 32.1. The van der Waals surface area contributed by atoms with E-state index in [2.05, 4.69) is 42.5 Å². The molecule has 26 heavy (non-hydrogen) atoms. The Morgan fingerprint density at radius 1 is 1.04 bits per heavy atom. The first kappa shape index (κ1) is 16.8. The lowest BCUT2D eigenvalue weighted by Gasteiger charge is -2.04. The number of para-hydroxylation sites is 1. The minimum atomic E-state index is 0.770. The third-order valence-corrected chi connectivity index (χ3v) is 5.49. The topological polar surface area (TPSA) is 42.8 Å². The molecule has 0 aliphatic heterocycles. The van der Waals surface area contributed by atoms with E-state index in [1.54, 1.807) is 28.9 Å². The Morgan fingerprint density at radius 3 is 2.58 bits per heavy atom. The van der Waals surface area contributed by atoms with Crippen LogP contribution < -0.4 is 4.80 Å². The van der Waals surface area contributed by atoms with Gasteiger partial charge in [-0.15, -0.1) is 11.3 Å². The summed E-state index contributed by atoms with van der Waals surface area (Å²) in [5.41, 5.74) is 5.23. The van der Waals surface area contributed by atoms with Crippen molar-refractivity contribution in [3.8, 4) is 11.5 Å². The second kappa shape index (κ2) is 7.27. The molecular weight excluding hydrogens is 362 g/mol. The highest BCUT2D eigenvalue weighted by Gasteiger charge is 2.11. The van der Waals surface area contributed by atoms with Crippen LogP contribution in [0.3, 0.4) is 0 Å². The molecule has 130 valence electrons. The fourth-order valence-electron chi connectivity index (χ4n) is 2.63. The van der Waals surface area contributed by atoms with E-state index in [1.807, 2.05) is 39.8 Å². The summed E-state index contributed by atoms with van der Waals surface area (Å²) >= 11 is 3.20. The predicted octanol–water partition coefficient (Wildman–Crippen LogP) is 5.60. The van der Waals surface area contributed by atoms with Gasteiger partial charge in [0.25, 0.3) is 0 Å². The average Bonchev–Trinajstić information content (AvgIpc) is 3.38. The summed E-state index contributed by atoms with van der Waals surface area (Å²) in [7, 11) is 0. The third kappa shape index (κ3) is 3.34. The quantitative estimate of drug-likeness (QED) is 0.425. The minimum Gasteiger partial charge on any atom is -0.463 e. The summed E-state index contributed by atoms with van der Waals surface area (Å²) in [4.78, 5) is 5.71. The number of hydrogen-bond donors (Lipinski definition) is 0. The van der Waals surface area contributed by atoms with Gasteiger partial charge in [-0.25, -0.2) is 9.67 Å². The van der Waals surface area contributed by atoms with Gasteiger partial charge in [-0.1, -0.05) is 18.2 Å². The fraction of sp³-hybridized carbons (Fsp3) is 0.100. The maximum absolute atomic E-state index is 5.58. The molecule has 0 saturated carbocycles. The molecule has 0 unspecified atom stereocenters. The maximum Gasteiger partial charge on any atom is 0.211 e. The third-order valence-electron chi connectivity index (χ3n) is 3.97. The van der Waals surface area contributed by atoms with Crippen LogP contribution in [-0.2, 0) is 0 Å². The first-order valence-electron chi connectivity index (χ1n) is 8.14. The predicted molar refractivity (Wildman–Crippen MR) is 108 cm³/mol. The molecule has 0 spiro atoms. The Labute approximate surface area is 159 Å². The Balaban J connectivity index is 1.89. The largest absolute Gasteiger partial charge is 0.463 e. The molecule has 0 aliphatic rings. The Hall–Kier alpha value is -2.70. The van der Waals surface area contributed by atoms with Gasteiger partial charge in [0.05, 0.1) is 18.2 Å². The first-order valence-corrected chi connectivity index (χ1v) is 9.96. The van der Waals surface area contributed by atoms with Crippen molar-refractivity contribution in [2.24, 2.45) is 10.1 Å². The molecule has 3 heterocycles. The number of hydrogen-bond acceptors (Lipinski definition) is 5. The van der Waals surface area contributed by atoms with Crippen LogP contribution in [0.15, 0.2) is 73.3 Å². The molecule has 0 N–H and O–H groups in total. The van der Waals surface area contributed by atoms with E-state index in [0.29, 0.717) is 0 Å². The van der Waals surface area contributed by atoms with Crippen LogP contribution in [0.25, 0.3) is 11.5 Å². The zero-order valence-electron chi connectivity index (χ0n) is 14.4. The van der Waals surface area contributed by atoms with Gasteiger partial charge in [-0.2, -0.15) is 16.4 Å². The minimum absolute atomic E-state index is 0.770. The molecule has 0 radical (unpaired) electrons. The number of nitrogens with zero attached hydrogens (tertiary/aromatic N) is 3. The van der Waals surface area contributed by atoms with Gasteiger partial charge >= 0.3 is 0 Å². The summed E-state index contributed by atoms with van der Waals surface area (Å²) in [6.45, 7) is 4.15.